The summed E-state index contributed by atoms with van der Waals surface area (Å²) < 4.78 is 0. The topological polar surface area (TPSA) is 0 Å². The predicted molar refractivity (Wildman–Crippen MR) is 106 cm³/mol. The summed E-state index contributed by atoms with van der Waals surface area (Å²) in [6.45, 7) is 0. The molecule has 0 aliphatic rings. The zero-order valence-corrected chi connectivity index (χ0v) is 16.8. The summed E-state index contributed by atoms with van der Waals surface area (Å²) in [5.41, 5.74) is -1.89. The van der Waals surface area contributed by atoms with E-state index in [2.05, 4.69) is 51.5 Å². The zero-order valence-electron chi connectivity index (χ0n) is 11.9. The molecule has 0 heterocycles. The van der Waals surface area contributed by atoms with Crippen LogP contribution in [-0.2, 0) is 0 Å². The van der Waals surface area contributed by atoms with Gasteiger partial charge in [0.05, 0.1) is 0 Å². The van der Waals surface area contributed by atoms with Crippen LogP contribution in [0.5, 0.6) is 0 Å². The molecular weight excluding hydrogens is 432 g/mol. The molecule has 0 bridgehead atoms. The first-order valence-electron chi connectivity index (χ1n) is 6.88. The first kappa shape index (κ1) is 17.3. The molecule has 0 saturated carbocycles. The number of hydrogen-bond acceptors (Lipinski definition) is 0. The Bertz CT molecular complexity index is 739. The van der Waals surface area contributed by atoms with Gasteiger partial charge in [-0.15, -0.1) is 0 Å². The molecule has 0 unspecified atom stereocenters. The van der Waals surface area contributed by atoms with E-state index >= 15 is 0 Å². The van der Waals surface area contributed by atoms with Crippen molar-refractivity contribution in [2.75, 3.05) is 0 Å². The van der Waals surface area contributed by atoms with Crippen LogP contribution in [0.4, 0.5) is 0 Å². The molecule has 0 spiro atoms. The third-order valence-electron chi connectivity index (χ3n) is 3.57. The molecule has 0 nitrogen and oxygen atoms in total. The minimum atomic E-state index is -1.89. The molecule has 0 aliphatic heterocycles. The van der Waals surface area contributed by atoms with Gasteiger partial charge in [0.1, 0.15) is 0 Å². The first-order chi connectivity index (χ1) is 11.0. The Kier molecular flexibility index (Phi) is 5.39. The Morgan fingerprint density at radius 1 is 0.478 bits per heavy atom. The van der Waals surface area contributed by atoms with E-state index in [4.69, 9.17) is 34.8 Å². The van der Waals surface area contributed by atoms with Crippen LogP contribution >= 0.6 is 40.3 Å². The predicted octanol–water partition coefficient (Wildman–Crippen LogP) is 5.02. The maximum absolute atomic E-state index is 6.06. The Hall–Kier alpha value is -0.521. The third kappa shape index (κ3) is 3.62. The molecule has 0 N–H and O–H groups in total. The van der Waals surface area contributed by atoms with Crippen LogP contribution in [0.15, 0.2) is 72.8 Å². The molecule has 0 radical (unpaired) electrons. The molecule has 3 rings (SSSR count). The number of hydrogen-bond donors (Lipinski definition) is 0. The maximum atomic E-state index is 6.06. The van der Waals surface area contributed by atoms with E-state index in [9.17, 15) is 0 Å². The average molecular weight is 445 g/mol. The fourth-order valence-corrected chi connectivity index (χ4v) is 7.68. The third-order valence-corrected chi connectivity index (χ3v) is 11.4. The molecule has 0 aromatic heterocycles. The van der Waals surface area contributed by atoms with Gasteiger partial charge in [-0.3, -0.25) is 0 Å². The first-order valence-corrected chi connectivity index (χ1v) is 12.0. The van der Waals surface area contributed by atoms with E-state index in [0.29, 0.717) is 0 Å². The van der Waals surface area contributed by atoms with Crippen molar-refractivity contribution < 1.29 is 0 Å². The summed E-state index contributed by atoms with van der Waals surface area (Å²) in [6, 6.07) is 24.0. The molecular formula is C18H12Cl3PSe. The van der Waals surface area contributed by atoms with Gasteiger partial charge in [-0.1, -0.05) is 0 Å². The van der Waals surface area contributed by atoms with Crippen LogP contribution in [-0.4, -0.2) is 15.1 Å². The Morgan fingerprint density at radius 3 is 0.913 bits per heavy atom. The quantitative estimate of drug-likeness (QED) is 0.393. The molecule has 0 atom stereocenters. The number of benzene rings is 3. The molecule has 5 heteroatoms. The second-order valence-corrected chi connectivity index (χ2v) is 12.6. The molecule has 116 valence electrons. The van der Waals surface area contributed by atoms with E-state index in [0.717, 1.165) is 15.1 Å². The van der Waals surface area contributed by atoms with E-state index in [-0.39, 0.29) is 0 Å². The van der Waals surface area contributed by atoms with Crippen molar-refractivity contribution in [2.24, 2.45) is 0 Å². The van der Waals surface area contributed by atoms with Gasteiger partial charge in [0.2, 0.25) is 0 Å². The summed E-state index contributed by atoms with van der Waals surface area (Å²) >= 11 is 21.7. The summed E-state index contributed by atoms with van der Waals surface area (Å²) in [7, 11) is 0. The average Bonchev–Trinajstić information content (AvgIpc) is 2.56. The van der Waals surface area contributed by atoms with Crippen molar-refractivity contribution in [3.8, 4) is 0 Å². The molecule has 0 fully saturated rings. The second kappa shape index (κ2) is 7.16. The van der Waals surface area contributed by atoms with Gasteiger partial charge in [0.15, 0.2) is 0 Å². The normalized spacial score (nSPS) is 11.4. The number of rotatable bonds is 3. The van der Waals surface area contributed by atoms with Crippen LogP contribution in [0.3, 0.4) is 0 Å². The number of halogens is 3. The SMILES string of the molecule is Clc1ccc(P(=[Se])(c2ccc(Cl)cc2)c2ccc(Cl)cc2)cc1. The van der Waals surface area contributed by atoms with Gasteiger partial charge in [0.25, 0.3) is 0 Å². The van der Waals surface area contributed by atoms with Gasteiger partial charge < -0.3 is 0 Å². The molecule has 3 aromatic carbocycles. The van der Waals surface area contributed by atoms with Gasteiger partial charge >= 0.3 is 159 Å². The van der Waals surface area contributed by atoms with E-state index in [1.807, 2.05) is 36.4 Å². The summed E-state index contributed by atoms with van der Waals surface area (Å²) in [4.78, 5) is 0. The zero-order chi connectivity index (χ0) is 16.4. The van der Waals surface area contributed by atoms with E-state index in [1.54, 1.807) is 0 Å². The van der Waals surface area contributed by atoms with Gasteiger partial charge in [-0.25, -0.2) is 0 Å². The van der Waals surface area contributed by atoms with Crippen molar-refractivity contribution in [3.63, 3.8) is 0 Å². The Morgan fingerprint density at radius 2 is 0.696 bits per heavy atom. The van der Waals surface area contributed by atoms with Crippen molar-refractivity contribution in [3.05, 3.63) is 87.9 Å². The van der Waals surface area contributed by atoms with Crippen LogP contribution in [0, 0.1) is 0 Å². The fraction of sp³-hybridized carbons (Fsp3) is 0. The standard InChI is InChI=1S/C18H12Cl3PSe/c19-13-1-7-16(8-2-13)22(23,17-9-3-14(20)4-10-17)18-11-5-15(21)6-12-18/h1-12H. The fourth-order valence-electron chi connectivity index (χ4n) is 2.40. The van der Waals surface area contributed by atoms with Crippen molar-refractivity contribution in [1.29, 1.82) is 0 Å². The second-order valence-electron chi connectivity index (χ2n) is 5.04. The van der Waals surface area contributed by atoms with Crippen molar-refractivity contribution >= 4 is 71.3 Å². The van der Waals surface area contributed by atoms with Crippen molar-refractivity contribution in [2.45, 2.75) is 0 Å². The monoisotopic (exact) mass is 444 g/mol. The summed E-state index contributed by atoms with van der Waals surface area (Å²) in [5, 5.41) is 5.83. The van der Waals surface area contributed by atoms with Crippen LogP contribution in [0.25, 0.3) is 0 Å². The van der Waals surface area contributed by atoms with Crippen LogP contribution in [0.1, 0.15) is 0 Å². The molecule has 0 aliphatic carbocycles. The molecule has 0 amide bonds. The van der Waals surface area contributed by atoms with Gasteiger partial charge in [-0.2, -0.15) is 0 Å². The van der Waals surface area contributed by atoms with Gasteiger partial charge in [0, 0.05) is 0 Å². The molecule has 3 aromatic rings. The van der Waals surface area contributed by atoms with Gasteiger partial charge in [-0.05, 0) is 0 Å². The van der Waals surface area contributed by atoms with Crippen LogP contribution in [0.2, 0.25) is 15.1 Å². The van der Waals surface area contributed by atoms with E-state index in [1.165, 1.54) is 15.9 Å². The summed E-state index contributed by atoms with van der Waals surface area (Å²) in [5.74, 6) is 0. The minimum absolute atomic E-state index is 0.729. The molecule has 0 saturated heterocycles. The van der Waals surface area contributed by atoms with Crippen molar-refractivity contribution in [1.82, 2.24) is 0 Å². The Labute approximate surface area is 158 Å². The van der Waals surface area contributed by atoms with E-state index < -0.39 is 5.51 Å². The summed E-state index contributed by atoms with van der Waals surface area (Å²) in [6.07, 6.45) is 0. The Balaban J connectivity index is 2.24. The van der Waals surface area contributed by atoms with Crippen LogP contribution < -0.4 is 15.9 Å². The molecule has 23 heavy (non-hydrogen) atoms.